The van der Waals surface area contributed by atoms with E-state index in [-0.39, 0.29) is 38.0 Å². The van der Waals surface area contributed by atoms with Crippen molar-refractivity contribution in [1.82, 2.24) is 10.2 Å². The number of cyclic esters (lactones) is 1. The first-order chi connectivity index (χ1) is 25.1. The van der Waals surface area contributed by atoms with E-state index in [1.165, 1.54) is 4.90 Å². The molecule has 6 rings (SSSR count). The zero-order valence-electron chi connectivity index (χ0n) is 30.2. The molecule has 2 N–H and O–H groups in total. The topological polar surface area (TPSA) is 129 Å². The van der Waals surface area contributed by atoms with Crippen molar-refractivity contribution in [2.24, 2.45) is 17.8 Å². The zero-order valence-corrected chi connectivity index (χ0v) is 31.8. The predicted octanol–water partition coefficient (Wildman–Crippen LogP) is 4.90. The number of carbonyl (C=O) groups is 4. The highest BCUT2D eigenvalue weighted by atomic mass is 79.9. The van der Waals surface area contributed by atoms with Crippen molar-refractivity contribution in [2.75, 3.05) is 42.6 Å². The molecule has 2 saturated heterocycles. The summed E-state index contributed by atoms with van der Waals surface area (Å²) in [6.07, 6.45) is 5.82. The van der Waals surface area contributed by atoms with Gasteiger partial charge in [0.25, 0.3) is 5.91 Å². The summed E-state index contributed by atoms with van der Waals surface area (Å²) in [5.74, 6) is -3.86. The SMILES string of the molecule is CC[C@H](C)[C@H](CO)N1C(=O)[C@H]2[C@@H]3C(=O)N[C@H](c4ccccc4)COC(=O)CC/C=C\CN(c4ccc(N(CC)CC)cc4)C(=O)[C@H]1[C@@]21C=C(Br)[C@@H]3O1. The molecule has 0 aromatic heterocycles. The molecule has 0 unspecified atom stereocenters. The van der Waals surface area contributed by atoms with Gasteiger partial charge in [-0.15, -0.1) is 0 Å². The van der Waals surface area contributed by atoms with Crippen LogP contribution in [-0.4, -0.2) is 90.3 Å². The fourth-order valence-corrected chi connectivity index (χ4v) is 8.97. The number of aliphatic hydroxyl groups is 1. The highest BCUT2D eigenvalue weighted by Crippen LogP contribution is 2.59. The van der Waals surface area contributed by atoms with Crippen LogP contribution >= 0.6 is 15.9 Å². The highest BCUT2D eigenvalue weighted by molar-refractivity contribution is 9.11. The van der Waals surface area contributed by atoms with Gasteiger partial charge in [-0.25, -0.2) is 0 Å². The summed E-state index contributed by atoms with van der Waals surface area (Å²) in [4.78, 5) is 62.9. The molecule has 278 valence electrons. The zero-order chi connectivity index (χ0) is 37.2. The molecule has 2 fully saturated rings. The molecule has 12 heteroatoms. The number of benzene rings is 2. The van der Waals surface area contributed by atoms with Crippen LogP contribution in [0.4, 0.5) is 11.4 Å². The van der Waals surface area contributed by atoms with Gasteiger partial charge in [-0.2, -0.15) is 0 Å². The fraction of sp³-hybridized carbons (Fsp3) is 0.500. The average molecular weight is 778 g/mol. The summed E-state index contributed by atoms with van der Waals surface area (Å²) in [6, 6.07) is 14.4. The van der Waals surface area contributed by atoms with Crippen LogP contribution in [0.3, 0.4) is 0 Å². The number of esters is 1. The first-order valence-corrected chi connectivity index (χ1v) is 19.2. The third kappa shape index (κ3) is 6.80. The molecule has 11 nitrogen and oxygen atoms in total. The summed E-state index contributed by atoms with van der Waals surface area (Å²) < 4.78 is 13.0. The first kappa shape index (κ1) is 37.7. The Labute approximate surface area is 314 Å². The number of amides is 3. The van der Waals surface area contributed by atoms with Gasteiger partial charge in [-0.05, 0) is 62.1 Å². The lowest BCUT2D eigenvalue weighted by atomic mass is 9.74. The van der Waals surface area contributed by atoms with Gasteiger partial charge in [0.15, 0.2) is 0 Å². The molecule has 4 heterocycles. The van der Waals surface area contributed by atoms with E-state index in [1.807, 2.05) is 80.6 Å². The Kier molecular flexibility index (Phi) is 11.6. The molecule has 8 atom stereocenters. The number of anilines is 2. The minimum absolute atomic E-state index is 0.0948. The monoisotopic (exact) mass is 776 g/mol. The van der Waals surface area contributed by atoms with E-state index in [0.717, 1.165) is 24.3 Å². The van der Waals surface area contributed by atoms with Crippen LogP contribution in [0.25, 0.3) is 0 Å². The third-order valence-corrected chi connectivity index (χ3v) is 11.9. The molecule has 1 spiro atoms. The number of hydrogen-bond acceptors (Lipinski definition) is 8. The predicted molar refractivity (Wildman–Crippen MR) is 202 cm³/mol. The van der Waals surface area contributed by atoms with Crippen LogP contribution in [0, 0.1) is 17.8 Å². The summed E-state index contributed by atoms with van der Waals surface area (Å²) in [6.45, 7) is 9.45. The summed E-state index contributed by atoms with van der Waals surface area (Å²) in [5.41, 5.74) is 0.894. The number of halogens is 1. The number of allylic oxidation sites excluding steroid dienone is 1. The van der Waals surface area contributed by atoms with E-state index >= 15 is 4.79 Å². The highest BCUT2D eigenvalue weighted by Gasteiger charge is 2.75. The van der Waals surface area contributed by atoms with Gasteiger partial charge in [-0.3, -0.25) is 19.2 Å². The second-order valence-corrected chi connectivity index (χ2v) is 14.9. The van der Waals surface area contributed by atoms with Crippen LogP contribution < -0.4 is 15.1 Å². The lowest BCUT2D eigenvalue weighted by molar-refractivity contribution is -0.147. The van der Waals surface area contributed by atoms with E-state index in [9.17, 15) is 19.5 Å². The molecule has 0 saturated carbocycles. The molecule has 5 bridgehead atoms. The molecule has 2 aromatic rings. The van der Waals surface area contributed by atoms with Gasteiger partial charge in [0.1, 0.15) is 24.4 Å². The molecule has 52 heavy (non-hydrogen) atoms. The lowest BCUT2D eigenvalue weighted by Crippen LogP contribution is -2.59. The molecular weight excluding hydrogens is 728 g/mol. The smallest absolute Gasteiger partial charge is 0.306 e. The van der Waals surface area contributed by atoms with Gasteiger partial charge in [0, 0.05) is 41.9 Å². The quantitative estimate of drug-likeness (QED) is 0.272. The first-order valence-electron chi connectivity index (χ1n) is 18.4. The third-order valence-electron chi connectivity index (χ3n) is 11.2. The van der Waals surface area contributed by atoms with Gasteiger partial charge < -0.3 is 34.6 Å². The Morgan fingerprint density at radius 3 is 2.37 bits per heavy atom. The maximum Gasteiger partial charge on any atom is 0.306 e. The average Bonchev–Trinajstić information content (AvgIpc) is 3.75. The van der Waals surface area contributed by atoms with Gasteiger partial charge in [-0.1, -0.05) is 78.7 Å². The van der Waals surface area contributed by atoms with Crippen molar-refractivity contribution in [3.63, 3.8) is 0 Å². The van der Waals surface area contributed by atoms with E-state index in [1.54, 1.807) is 11.0 Å². The summed E-state index contributed by atoms with van der Waals surface area (Å²) >= 11 is 3.64. The largest absolute Gasteiger partial charge is 0.463 e. The fourth-order valence-electron chi connectivity index (χ4n) is 8.23. The number of likely N-dealkylation sites (tertiary alicyclic amines) is 1. The second-order valence-electron chi connectivity index (χ2n) is 14.0. The van der Waals surface area contributed by atoms with E-state index in [0.29, 0.717) is 23.0 Å². The number of nitrogens with zero attached hydrogens (tertiary/aromatic N) is 3. The minimum atomic E-state index is -1.48. The number of fused-ring (bicyclic) bond motifs is 2. The van der Waals surface area contributed by atoms with Crippen molar-refractivity contribution in [1.29, 1.82) is 0 Å². The number of nitrogens with one attached hydrogen (secondary N) is 1. The molecule has 2 aromatic carbocycles. The van der Waals surface area contributed by atoms with E-state index in [4.69, 9.17) is 9.47 Å². The van der Waals surface area contributed by atoms with Crippen LogP contribution in [0.1, 0.15) is 58.6 Å². The van der Waals surface area contributed by atoms with Crippen LogP contribution in [-0.2, 0) is 28.7 Å². The maximum atomic E-state index is 15.3. The maximum absolute atomic E-state index is 15.3. The Morgan fingerprint density at radius 1 is 1.00 bits per heavy atom. The normalized spacial score (nSPS) is 29.7. The summed E-state index contributed by atoms with van der Waals surface area (Å²) in [7, 11) is 0. The Morgan fingerprint density at radius 2 is 1.71 bits per heavy atom. The molecule has 0 aliphatic carbocycles. The van der Waals surface area contributed by atoms with Crippen molar-refractivity contribution >= 4 is 51.0 Å². The van der Waals surface area contributed by atoms with Crippen LogP contribution in [0.5, 0.6) is 0 Å². The number of hydrogen-bond donors (Lipinski definition) is 2. The molecule has 4 aliphatic heterocycles. The van der Waals surface area contributed by atoms with Crippen molar-refractivity contribution in [2.45, 2.75) is 76.8 Å². The Hall–Kier alpha value is -4.00. The van der Waals surface area contributed by atoms with Crippen molar-refractivity contribution in [3.8, 4) is 0 Å². The molecule has 3 amide bonds. The number of aliphatic hydroxyl groups excluding tert-OH is 1. The number of ether oxygens (including phenoxy) is 2. The Bertz CT molecular complexity index is 1700. The number of carbonyl (C=O) groups excluding carboxylic acids is 4. The standard InChI is InChI=1S/C40H49BrN4O7/c1-5-25(4)31(23-46)45-36-39(50)44(28-19-17-27(18-20-28)43(6-2)7-3)21-13-9-12-16-32(47)51-24-30(26-14-10-8-11-15-26)42-37(48)33-34(38(45)49)40(36)22-29(41)35(33)52-40/h8-11,13-15,17-20,22,25,30-31,33-36,46H,5-7,12,16,21,23-24H2,1-4H3,(H,42,48)/b13-9-/t25-,30-,31-,33-,34+,35-,36-,40+/m0/s1. The van der Waals surface area contributed by atoms with E-state index in [2.05, 4.69) is 40.0 Å². The summed E-state index contributed by atoms with van der Waals surface area (Å²) in [5, 5.41) is 13.9. The van der Waals surface area contributed by atoms with Crippen molar-refractivity contribution in [3.05, 3.63) is 82.9 Å². The second kappa shape index (κ2) is 15.9. The van der Waals surface area contributed by atoms with Gasteiger partial charge >= 0.3 is 5.97 Å². The molecular formula is C40H49BrN4O7. The van der Waals surface area contributed by atoms with Crippen LogP contribution in [0.15, 0.2) is 77.3 Å². The van der Waals surface area contributed by atoms with Gasteiger partial charge in [0.2, 0.25) is 11.8 Å². The van der Waals surface area contributed by atoms with Crippen molar-refractivity contribution < 1.29 is 33.8 Å². The van der Waals surface area contributed by atoms with Gasteiger partial charge in [0.05, 0.1) is 30.5 Å². The van der Waals surface area contributed by atoms with E-state index < -0.39 is 59.5 Å². The van der Waals surface area contributed by atoms with Crippen LogP contribution in [0.2, 0.25) is 0 Å². The molecule has 0 radical (unpaired) electrons. The number of rotatable bonds is 9. The Balaban J connectivity index is 1.48. The minimum Gasteiger partial charge on any atom is -0.463 e. The lowest BCUT2D eigenvalue weighted by Gasteiger charge is -2.40. The molecule has 4 aliphatic rings.